The molecule has 0 aromatic heterocycles. The highest BCUT2D eigenvalue weighted by Gasteiger charge is 2.54. The van der Waals surface area contributed by atoms with Crippen LogP contribution < -0.4 is 5.73 Å². The lowest BCUT2D eigenvalue weighted by molar-refractivity contribution is -0.139. The molecule has 3 saturated heterocycles. The fourth-order valence-corrected chi connectivity index (χ4v) is 6.72. The summed E-state index contributed by atoms with van der Waals surface area (Å²) in [6.45, 7) is 1.69. The zero-order chi connectivity index (χ0) is 24.7. The SMILES string of the molecule is CN1CCC(c2ccc(C(N)=O)c([C@@H](C(=O)N3C[C@H](F)[C@H]4OCC(=O)[C@H]43)C3CCCCC3)c2)CC1. The van der Waals surface area contributed by atoms with Crippen LogP contribution in [0.4, 0.5) is 4.39 Å². The van der Waals surface area contributed by atoms with Crippen LogP contribution in [-0.2, 0) is 14.3 Å². The van der Waals surface area contributed by atoms with Gasteiger partial charge in [-0.15, -0.1) is 0 Å². The Balaban J connectivity index is 1.54. The van der Waals surface area contributed by atoms with Gasteiger partial charge in [-0.1, -0.05) is 31.4 Å². The molecule has 4 atom stereocenters. The number of carbonyl (C=O) groups excluding carboxylic acids is 3. The largest absolute Gasteiger partial charge is 0.366 e. The van der Waals surface area contributed by atoms with Crippen molar-refractivity contribution in [2.75, 3.05) is 33.3 Å². The second-order valence-corrected chi connectivity index (χ2v) is 10.9. The number of hydrogen-bond donors (Lipinski definition) is 1. The summed E-state index contributed by atoms with van der Waals surface area (Å²) >= 11 is 0. The first-order chi connectivity index (χ1) is 16.8. The molecule has 1 aromatic rings. The number of amides is 2. The second-order valence-electron chi connectivity index (χ2n) is 10.9. The van der Waals surface area contributed by atoms with Crippen LogP contribution in [0.3, 0.4) is 0 Å². The van der Waals surface area contributed by atoms with Gasteiger partial charge in [0.1, 0.15) is 24.9 Å². The molecule has 3 aliphatic heterocycles. The van der Waals surface area contributed by atoms with Crippen LogP contribution in [0.5, 0.6) is 0 Å². The molecule has 1 aromatic carbocycles. The predicted octanol–water partition coefficient (Wildman–Crippen LogP) is 2.78. The van der Waals surface area contributed by atoms with Crippen molar-refractivity contribution in [3.8, 4) is 0 Å². The van der Waals surface area contributed by atoms with Crippen LogP contribution in [0.25, 0.3) is 0 Å². The number of ketones is 1. The minimum Gasteiger partial charge on any atom is -0.366 e. The molecule has 190 valence electrons. The summed E-state index contributed by atoms with van der Waals surface area (Å²) in [5, 5.41) is 0. The van der Waals surface area contributed by atoms with Crippen molar-refractivity contribution in [1.29, 1.82) is 0 Å². The summed E-state index contributed by atoms with van der Waals surface area (Å²) in [6, 6.07) is 4.88. The average Bonchev–Trinajstić information content (AvgIpc) is 3.40. The Morgan fingerprint density at radius 3 is 2.51 bits per heavy atom. The predicted molar refractivity (Wildman–Crippen MR) is 129 cm³/mol. The van der Waals surface area contributed by atoms with Crippen LogP contribution in [0.2, 0.25) is 0 Å². The van der Waals surface area contributed by atoms with Gasteiger partial charge in [-0.2, -0.15) is 0 Å². The van der Waals surface area contributed by atoms with E-state index in [-0.39, 0.29) is 30.8 Å². The minimum absolute atomic E-state index is 0.0247. The fraction of sp³-hybridized carbons (Fsp3) is 0.667. The molecule has 4 fully saturated rings. The van der Waals surface area contributed by atoms with Crippen molar-refractivity contribution in [1.82, 2.24) is 9.80 Å². The normalized spacial score (nSPS) is 29.4. The number of ether oxygens (including phenoxy) is 1. The number of nitrogens with two attached hydrogens (primary N) is 1. The summed E-state index contributed by atoms with van der Waals surface area (Å²) in [6.07, 6.45) is 4.60. The van der Waals surface area contributed by atoms with Gasteiger partial charge in [-0.25, -0.2) is 4.39 Å². The number of piperidine rings is 1. The molecule has 0 radical (unpaired) electrons. The lowest BCUT2D eigenvalue weighted by Gasteiger charge is -2.35. The lowest BCUT2D eigenvalue weighted by Crippen LogP contribution is -2.46. The molecule has 5 rings (SSSR count). The maximum absolute atomic E-state index is 14.8. The first-order valence-corrected chi connectivity index (χ1v) is 13.1. The zero-order valence-corrected chi connectivity index (χ0v) is 20.5. The summed E-state index contributed by atoms with van der Waals surface area (Å²) < 4.78 is 20.2. The second kappa shape index (κ2) is 9.97. The van der Waals surface area contributed by atoms with Crippen LogP contribution in [-0.4, -0.2) is 79.0 Å². The fourth-order valence-electron chi connectivity index (χ4n) is 6.72. The topological polar surface area (TPSA) is 92.9 Å². The van der Waals surface area contributed by atoms with E-state index in [0.29, 0.717) is 17.0 Å². The van der Waals surface area contributed by atoms with Crippen molar-refractivity contribution in [2.45, 2.75) is 75.1 Å². The Morgan fingerprint density at radius 1 is 1.11 bits per heavy atom. The molecule has 0 unspecified atom stereocenters. The van der Waals surface area contributed by atoms with Gasteiger partial charge < -0.3 is 20.3 Å². The third kappa shape index (κ3) is 4.62. The number of halogens is 1. The molecule has 1 aliphatic carbocycles. The van der Waals surface area contributed by atoms with E-state index in [1.807, 2.05) is 12.1 Å². The van der Waals surface area contributed by atoms with E-state index in [9.17, 15) is 18.8 Å². The quantitative estimate of drug-likeness (QED) is 0.692. The van der Waals surface area contributed by atoms with Crippen LogP contribution in [0, 0.1) is 5.92 Å². The Bertz CT molecular complexity index is 987. The third-order valence-corrected chi connectivity index (χ3v) is 8.66. The number of likely N-dealkylation sites (tertiary alicyclic amines) is 2. The van der Waals surface area contributed by atoms with Crippen LogP contribution >= 0.6 is 0 Å². The summed E-state index contributed by atoms with van der Waals surface area (Å²) in [5.41, 5.74) is 7.93. The number of alkyl halides is 1. The molecule has 4 aliphatic rings. The molecule has 35 heavy (non-hydrogen) atoms. The molecule has 3 heterocycles. The molecule has 0 spiro atoms. The summed E-state index contributed by atoms with van der Waals surface area (Å²) in [5.74, 6) is -1.33. The number of Topliss-reactive ketones (excluding diaryl/α,β-unsaturated/α-hetero) is 1. The number of carbonyl (C=O) groups is 3. The van der Waals surface area contributed by atoms with E-state index in [1.165, 1.54) is 4.90 Å². The highest BCUT2D eigenvalue weighted by atomic mass is 19.1. The Labute approximate surface area is 206 Å². The number of fused-ring (bicyclic) bond motifs is 1. The molecule has 2 N–H and O–H groups in total. The summed E-state index contributed by atoms with van der Waals surface area (Å²) in [7, 11) is 2.12. The molecular weight excluding hydrogens is 449 g/mol. The van der Waals surface area contributed by atoms with Gasteiger partial charge in [0.15, 0.2) is 5.78 Å². The van der Waals surface area contributed by atoms with E-state index in [1.54, 1.807) is 6.07 Å². The van der Waals surface area contributed by atoms with Crippen LogP contribution in [0.1, 0.15) is 78.3 Å². The van der Waals surface area contributed by atoms with Gasteiger partial charge in [0.05, 0.1) is 12.5 Å². The Kier molecular flexibility index (Phi) is 6.95. The van der Waals surface area contributed by atoms with Gasteiger partial charge in [0.25, 0.3) is 0 Å². The molecule has 2 amide bonds. The highest BCUT2D eigenvalue weighted by molar-refractivity contribution is 5.99. The Hall–Kier alpha value is -2.32. The van der Waals surface area contributed by atoms with E-state index >= 15 is 0 Å². The Morgan fingerprint density at radius 2 is 1.83 bits per heavy atom. The lowest BCUT2D eigenvalue weighted by atomic mass is 9.73. The van der Waals surface area contributed by atoms with Gasteiger partial charge in [-0.3, -0.25) is 14.4 Å². The smallest absolute Gasteiger partial charge is 0.249 e. The van der Waals surface area contributed by atoms with Crippen molar-refractivity contribution >= 4 is 17.6 Å². The van der Waals surface area contributed by atoms with Crippen molar-refractivity contribution < 1.29 is 23.5 Å². The van der Waals surface area contributed by atoms with Crippen molar-refractivity contribution in [2.24, 2.45) is 11.7 Å². The number of nitrogens with zero attached hydrogens (tertiary/aromatic N) is 2. The standard InChI is InChI=1S/C27H36FN3O4/c1-30-11-9-16(10-12-30)18-7-8-19(26(29)33)20(13-18)23(17-5-3-2-4-6-17)27(34)31-14-21(28)25-24(31)22(32)15-35-25/h7-8,13,16-17,21,23-25H,2-6,9-12,14-15H2,1H3,(H2,29,33)/t21-,23-,24+,25+/m0/s1. The molecule has 7 nitrogen and oxygen atoms in total. The number of primary amides is 1. The minimum atomic E-state index is -1.39. The zero-order valence-electron chi connectivity index (χ0n) is 20.5. The molecular formula is C27H36FN3O4. The van der Waals surface area contributed by atoms with Gasteiger partial charge in [0, 0.05) is 5.56 Å². The maximum atomic E-state index is 14.8. The molecule has 8 heteroatoms. The average molecular weight is 486 g/mol. The number of hydrogen-bond acceptors (Lipinski definition) is 5. The van der Waals surface area contributed by atoms with Gasteiger partial charge in [-0.05, 0) is 74.8 Å². The molecule has 1 saturated carbocycles. The van der Waals surface area contributed by atoms with Crippen LogP contribution in [0.15, 0.2) is 18.2 Å². The van der Waals surface area contributed by atoms with E-state index < -0.39 is 30.1 Å². The third-order valence-electron chi connectivity index (χ3n) is 8.66. The van der Waals surface area contributed by atoms with Gasteiger partial charge >= 0.3 is 0 Å². The first-order valence-electron chi connectivity index (χ1n) is 13.1. The van der Waals surface area contributed by atoms with Crippen molar-refractivity contribution in [3.05, 3.63) is 34.9 Å². The number of benzene rings is 1. The highest BCUT2D eigenvalue weighted by Crippen LogP contribution is 2.42. The van der Waals surface area contributed by atoms with E-state index in [0.717, 1.165) is 63.6 Å². The monoisotopic (exact) mass is 485 g/mol. The maximum Gasteiger partial charge on any atom is 0.249 e. The molecule has 0 bridgehead atoms. The van der Waals surface area contributed by atoms with Gasteiger partial charge in [0.2, 0.25) is 11.8 Å². The first kappa shape index (κ1) is 24.4. The summed E-state index contributed by atoms with van der Waals surface area (Å²) in [4.78, 5) is 43.0. The number of rotatable bonds is 5. The van der Waals surface area contributed by atoms with E-state index in [4.69, 9.17) is 10.5 Å². The van der Waals surface area contributed by atoms with Crippen molar-refractivity contribution in [3.63, 3.8) is 0 Å². The van der Waals surface area contributed by atoms with E-state index in [2.05, 4.69) is 11.9 Å².